The minimum atomic E-state index is -0.550. The molecule has 106 valence electrons. The molecule has 0 bridgehead atoms. The van der Waals surface area contributed by atoms with Crippen LogP contribution in [0.3, 0.4) is 0 Å². The zero-order chi connectivity index (χ0) is 14.9. The Morgan fingerprint density at radius 2 is 2.05 bits per heavy atom. The van der Waals surface area contributed by atoms with Crippen LogP contribution in [0.1, 0.15) is 18.1 Å². The zero-order valence-corrected chi connectivity index (χ0v) is 12.2. The van der Waals surface area contributed by atoms with Crippen LogP contribution < -0.4 is 16.0 Å². The molecule has 1 aromatic heterocycles. The number of methoxy groups -OCH3 is 1. The number of hydrogen-bond donors (Lipinski definition) is 1. The number of aromatic amines is 1. The van der Waals surface area contributed by atoms with Crippen molar-refractivity contribution in [1.82, 2.24) is 9.55 Å². The summed E-state index contributed by atoms with van der Waals surface area (Å²) < 4.78 is 6.21. The Labute approximate surface area is 120 Å². The number of halogens is 1. The number of rotatable bonds is 3. The van der Waals surface area contributed by atoms with E-state index < -0.39 is 11.2 Å². The molecule has 0 unspecified atom stereocenters. The Balaban J connectivity index is 2.77. The number of nitrogens with zero attached hydrogens (tertiary/aromatic N) is 1. The molecule has 5 nitrogen and oxygen atoms in total. The third-order valence-electron chi connectivity index (χ3n) is 3.14. The molecule has 0 amide bonds. The van der Waals surface area contributed by atoms with E-state index in [1.807, 2.05) is 13.8 Å². The van der Waals surface area contributed by atoms with E-state index in [4.69, 9.17) is 16.3 Å². The van der Waals surface area contributed by atoms with Crippen molar-refractivity contribution in [1.29, 1.82) is 0 Å². The molecule has 2 aromatic rings. The van der Waals surface area contributed by atoms with E-state index in [-0.39, 0.29) is 5.15 Å². The number of aryl methyl sites for hydroxylation is 1. The van der Waals surface area contributed by atoms with Gasteiger partial charge in [-0.2, -0.15) is 0 Å². The molecule has 0 saturated carbocycles. The van der Waals surface area contributed by atoms with Crippen molar-refractivity contribution in [3.63, 3.8) is 0 Å². The minimum Gasteiger partial charge on any atom is -0.497 e. The van der Waals surface area contributed by atoms with Crippen molar-refractivity contribution in [3.05, 3.63) is 55.3 Å². The highest BCUT2D eigenvalue weighted by molar-refractivity contribution is 6.30. The molecule has 0 aliphatic carbocycles. The van der Waals surface area contributed by atoms with E-state index >= 15 is 0 Å². The lowest BCUT2D eigenvalue weighted by Crippen LogP contribution is -2.36. The number of hydrogen-bond acceptors (Lipinski definition) is 3. The van der Waals surface area contributed by atoms with Gasteiger partial charge in [-0.1, -0.05) is 18.5 Å². The molecule has 1 heterocycles. The normalized spacial score (nSPS) is 10.6. The molecule has 0 radical (unpaired) electrons. The van der Waals surface area contributed by atoms with Crippen LogP contribution in [0.5, 0.6) is 5.75 Å². The second kappa shape index (κ2) is 5.54. The van der Waals surface area contributed by atoms with Crippen molar-refractivity contribution < 1.29 is 4.74 Å². The lowest BCUT2D eigenvalue weighted by atomic mass is 10.2. The summed E-state index contributed by atoms with van der Waals surface area (Å²) >= 11 is 5.89. The minimum absolute atomic E-state index is 0.102. The van der Waals surface area contributed by atoms with Crippen molar-refractivity contribution in [2.75, 3.05) is 7.11 Å². The predicted molar refractivity (Wildman–Crippen MR) is 78.3 cm³/mol. The van der Waals surface area contributed by atoms with Crippen LogP contribution in [0.15, 0.2) is 27.8 Å². The smallest absolute Gasteiger partial charge is 0.334 e. The number of aromatic nitrogens is 2. The van der Waals surface area contributed by atoms with E-state index in [9.17, 15) is 9.59 Å². The summed E-state index contributed by atoms with van der Waals surface area (Å²) in [5.74, 6) is 0.667. The maximum Gasteiger partial charge on any atom is 0.334 e. The maximum atomic E-state index is 12.4. The fourth-order valence-electron chi connectivity index (χ4n) is 2.08. The number of nitrogens with one attached hydrogen (secondary N) is 1. The first-order chi connectivity index (χ1) is 9.49. The van der Waals surface area contributed by atoms with Gasteiger partial charge in [-0.3, -0.25) is 9.78 Å². The van der Waals surface area contributed by atoms with Gasteiger partial charge in [0.25, 0.3) is 5.56 Å². The van der Waals surface area contributed by atoms with Gasteiger partial charge in [0.05, 0.1) is 18.4 Å². The third-order valence-corrected chi connectivity index (χ3v) is 3.47. The first kappa shape index (κ1) is 14.4. The molecule has 0 aliphatic heterocycles. The van der Waals surface area contributed by atoms with Crippen molar-refractivity contribution in [2.45, 2.75) is 20.3 Å². The number of ether oxygens (including phenoxy) is 1. The molecular weight excluding hydrogens is 280 g/mol. The van der Waals surface area contributed by atoms with E-state index in [0.717, 1.165) is 10.1 Å². The zero-order valence-electron chi connectivity index (χ0n) is 11.5. The Kier molecular flexibility index (Phi) is 3.99. The highest BCUT2D eigenvalue weighted by Gasteiger charge is 2.14. The van der Waals surface area contributed by atoms with Gasteiger partial charge in [-0.05, 0) is 37.1 Å². The summed E-state index contributed by atoms with van der Waals surface area (Å²) in [5.41, 5.74) is 0.728. The predicted octanol–water partition coefficient (Wildman–Crippen LogP) is 2.06. The monoisotopic (exact) mass is 294 g/mol. The summed E-state index contributed by atoms with van der Waals surface area (Å²) in [6.45, 7) is 3.62. The van der Waals surface area contributed by atoms with Gasteiger partial charge >= 0.3 is 5.69 Å². The molecule has 0 atom stereocenters. The van der Waals surface area contributed by atoms with Crippen LogP contribution in [-0.4, -0.2) is 16.7 Å². The van der Waals surface area contributed by atoms with Crippen molar-refractivity contribution in [2.24, 2.45) is 0 Å². The molecule has 2 rings (SSSR count). The van der Waals surface area contributed by atoms with Crippen LogP contribution in [0.4, 0.5) is 0 Å². The van der Waals surface area contributed by atoms with Crippen LogP contribution in [0.2, 0.25) is 5.15 Å². The van der Waals surface area contributed by atoms with E-state index in [1.54, 1.807) is 25.3 Å². The molecule has 0 spiro atoms. The molecule has 6 heteroatoms. The van der Waals surface area contributed by atoms with Gasteiger partial charge in [-0.15, -0.1) is 0 Å². The highest BCUT2D eigenvalue weighted by atomic mass is 35.5. The highest BCUT2D eigenvalue weighted by Crippen LogP contribution is 2.18. The van der Waals surface area contributed by atoms with Gasteiger partial charge in [0.2, 0.25) is 0 Å². The summed E-state index contributed by atoms with van der Waals surface area (Å²) in [6.07, 6.45) is 0.448. The second-order valence-corrected chi connectivity index (χ2v) is 4.75. The van der Waals surface area contributed by atoms with Crippen LogP contribution >= 0.6 is 11.6 Å². The average Bonchev–Trinajstić information content (AvgIpc) is 2.40. The lowest BCUT2D eigenvalue weighted by molar-refractivity contribution is 0.414. The molecule has 1 N–H and O–H groups in total. The second-order valence-electron chi connectivity index (χ2n) is 4.37. The van der Waals surface area contributed by atoms with Gasteiger partial charge < -0.3 is 4.74 Å². The molecule has 0 aliphatic rings. The fraction of sp³-hybridized carbons (Fsp3) is 0.286. The Bertz CT molecular complexity index is 762. The SMILES string of the molecule is CCc1c(Cl)[nH]c(=O)n(-c2ccc(OC)cc2C)c1=O. The largest absolute Gasteiger partial charge is 0.497 e. The summed E-state index contributed by atoms with van der Waals surface area (Å²) in [4.78, 5) is 26.9. The number of benzene rings is 1. The Morgan fingerprint density at radius 3 is 2.60 bits per heavy atom. The van der Waals surface area contributed by atoms with Crippen LogP contribution in [-0.2, 0) is 6.42 Å². The molecular formula is C14H15ClN2O3. The van der Waals surface area contributed by atoms with Crippen molar-refractivity contribution in [3.8, 4) is 11.4 Å². The van der Waals surface area contributed by atoms with E-state index in [0.29, 0.717) is 23.4 Å². The van der Waals surface area contributed by atoms with Gasteiger partial charge in [0.1, 0.15) is 10.9 Å². The molecule has 20 heavy (non-hydrogen) atoms. The van der Waals surface area contributed by atoms with Gasteiger partial charge in [0.15, 0.2) is 0 Å². The Morgan fingerprint density at radius 1 is 1.35 bits per heavy atom. The van der Waals surface area contributed by atoms with Crippen LogP contribution in [0.25, 0.3) is 5.69 Å². The third kappa shape index (κ3) is 2.36. The van der Waals surface area contributed by atoms with Crippen molar-refractivity contribution >= 4 is 11.6 Å². The molecule has 0 fully saturated rings. The van der Waals surface area contributed by atoms with Gasteiger partial charge in [-0.25, -0.2) is 9.36 Å². The standard InChI is InChI=1S/C14H15ClN2O3/c1-4-10-12(15)16-14(19)17(13(10)18)11-6-5-9(20-3)7-8(11)2/h5-7H,4H2,1-3H3,(H,16,19). The summed E-state index contributed by atoms with van der Waals surface area (Å²) in [7, 11) is 1.56. The quantitative estimate of drug-likeness (QED) is 0.881. The first-order valence-corrected chi connectivity index (χ1v) is 6.56. The average molecular weight is 295 g/mol. The molecule has 0 saturated heterocycles. The van der Waals surface area contributed by atoms with Gasteiger partial charge in [0, 0.05) is 0 Å². The fourth-order valence-corrected chi connectivity index (χ4v) is 2.37. The Hall–Kier alpha value is -2.01. The topological polar surface area (TPSA) is 64.1 Å². The lowest BCUT2D eigenvalue weighted by Gasteiger charge is -2.11. The molecule has 1 aromatic carbocycles. The first-order valence-electron chi connectivity index (χ1n) is 6.18. The van der Waals surface area contributed by atoms with Crippen LogP contribution in [0, 0.1) is 6.92 Å². The number of H-pyrrole nitrogens is 1. The van der Waals surface area contributed by atoms with E-state index in [1.165, 1.54) is 0 Å². The summed E-state index contributed by atoms with van der Waals surface area (Å²) in [6, 6.07) is 5.15. The maximum absolute atomic E-state index is 12.4. The van der Waals surface area contributed by atoms with E-state index in [2.05, 4.69) is 4.98 Å². The summed E-state index contributed by atoms with van der Waals surface area (Å²) in [5, 5.41) is 0.102.